The number of methoxy groups -OCH3 is 1. The summed E-state index contributed by atoms with van der Waals surface area (Å²) in [6, 6.07) is 0.541. The van der Waals surface area contributed by atoms with Crippen LogP contribution < -0.4 is 5.32 Å². The first-order valence-electron chi connectivity index (χ1n) is 6.85. The molecule has 0 aliphatic heterocycles. The van der Waals surface area contributed by atoms with Crippen LogP contribution in [-0.4, -0.2) is 18.1 Å². The van der Waals surface area contributed by atoms with Gasteiger partial charge in [-0.2, -0.15) is 0 Å². The molecule has 1 N–H and O–H groups in total. The lowest BCUT2D eigenvalue weighted by Crippen LogP contribution is -2.27. The zero-order valence-corrected chi connectivity index (χ0v) is 13.1. The summed E-state index contributed by atoms with van der Waals surface area (Å²) in [6.45, 7) is 9.55. The molecule has 1 rings (SSSR count). The van der Waals surface area contributed by atoms with Crippen molar-refractivity contribution in [1.29, 1.82) is 0 Å². The second-order valence-electron chi connectivity index (χ2n) is 4.74. The number of thiazole rings is 1. The molecule has 0 aliphatic carbocycles. The molecule has 0 bridgehead atoms. The van der Waals surface area contributed by atoms with Gasteiger partial charge in [-0.25, -0.2) is 4.98 Å². The molecule has 0 spiro atoms. The molecule has 1 aromatic heterocycles. The monoisotopic (exact) mass is 270 g/mol. The molecular formula is C14H26N2OS. The molecule has 104 valence electrons. The molecule has 0 aliphatic rings. The SMILES string of the molecule is CCC(C)NCc1csc(C(CC)(CC)OC)n1. The molecule has 0 amide bonds. The fourth-order valence-electron chi connectivity index (χ4n) is 1.95. The number of aromatic nitrogens is 1. The highest BCUT2D eigenvalue weighted by Crippen LogP contribution is 2.34. The molecule has 0 saturated carbocycles. The van der Waals surface area contributed by atoms with Crippen LogP contribution in [0.2, 0.25) is 0 Å². The van der Waals surface area contributed by atoms with Crippen molar-refractivity contribution in [2.45, 2.75) is 65.1 Å². The smallest absolute Gasteiger partial charge is 0.125 e. The summed E-state index contributed by atoms with van der Waals surface area (Å²) >= 11 is 1.71. The summed E-state index contributed by atoms with van der Waals surface area (Å²) in [6.07, 6.45) is 3.07. The van der Waals surface area contributed by atoms with Crippen LogP contribution in [0.3, 0.4) is 0 Å². The minimum absolute atomic E-state index is 0.195. The van der Waals surface area contributed by atoms with E-state index >= 15 is 0 Å². The predicted octanol–water partition coefficient (Wildman–Crippen LogP) is 3.69. The van der Waals surface area contributed by atoms with E-state index in [1.807, 2.05) is 0 Å². The van der Waals surface area contributed by atoms with Gasteiger partial charge in [-0.05, 0) is 26.2 Å². The third-order valence-electron chi connectivity index (χ3n) is 3.72. The Morgan fingerprint density at radius 1 is 1.39 bits per heavy atom. The lowest BCUT2D eigenvalue weighted by Gasteiger charge is -2.27. The van der Waals surface area contributed by atoms with E-state index in [1.54, 1.807) is 18.4 Å². The van der Waals surface area contributed by atoms with Crippen molar-refractivity contribution < 1.29 is 4.74 Å². The van der Waals surface area contributed by atoms with Gasteiger partial charge in [0, 0.05) is 25.1 Å². The van der Waals surface area contributed by atoms with Crippen molar-refractivity contribution in [3.63, 3.8) is 0 Å². The van der Waals surface area contributed by atoms with Gasteiger partial charge in [0.25, 0.3) is 0 Å². The lowest BCUT2D eigenvalue weighted by molar-refractivity contribution is -0.0219. The van der Waals surface area contributed by atoms with E-state index in [2.05, 4.69) is 38.4 Å². The predicted molar refractivity (Wildman–Crippen MR) is 78.0 cm³/mol. The van der Waals surface area contributed by atoms with Gasteiger partial charge in [-0.3, -0.25) is 0 Å². The van der Waals surface area contributed by atoms with Gasteiger partial charge < -0.3 is 10.1 Å². The first-order chi connectivity index (χ1) is 8.61. The van der Waals surface area contributed by atoms with E-state index in [1.165, 1.54) is 0 Å². The average molecular weight is 270 g/mol. The number of rotatable bonds is 8. The van der Waals surface area contributed by atoms with Gasteiger partial charge in [0.2, 0.25) is 0 Å². The summed E-state index contributed by atoms with van der Waals surface area (Å²) in [5.41, 5.74) is 0.929. The van der Waals surface area contributed by atoms with Gasteiger partial charge >= 0.3 is 0 Å². The summed E-state index contributed by atoms with van der Waals surface area (Å²) in [5.74, 6) is 0. The Kier molecular flexibility index (Phi) is 6.26. The molecule has 1 aromatic rings. The van der Waals surface area contributed by atoms with Crippen LogP contribution in [0.5, 0.6) is 0 Å². The molecule has 1 unspecified atom stereocenters. The van der Waals surface area contributed by atoms with Gasteiger partial charge in [-0.1, -0.05) is 20.8 Å². The minimum atomic E-state index is -0.195. The zero-order chi connectivity index (χ0) is 13.6. The van der Waals surface area contributed by atoms with Gasteiger partial charge in [0.1, 0.15) is 10.6 Å². The summed E-state index contributed by atoms with van der Waals surface area (Å²) in [7, 11) is 1.78. The van der Waals surface area contributed by atoms with E-state index in [0.717, 1.165) is 36.5 Å². The van der Waals surface area contributed by atoms with Gasteiger partial charge in [0.05, 0.1) is 5.69 Å². The van der Waals surface area contributed by atoms with E-state index < -0.39 is 0 Å². The maximum absolute atomic E-state index is 5.71. The maximum atomic E-state index is 5.71. The summed E-state index contributed by atoms with van der Waals surface area (Å²) in [4.78, 5) is 4.73. The normalized spacial score (nSPS) is 13.8. The molecule has 18 heavy (non-hydrogen) atoms. The molecular weight excluding hydrogens is 244 g/mol. The van der Waals surface area contributed by atoms with Crippen LogP contribution in [0.25, 0.3) is 0 Å². The number of nitrogens with one attached hydrogen (secondary N) is 1. The first kappa shape index (κ1) is 15.6. The molecule has 3 nitrogen and oxygen atoms in total. The quantitative estimate of drug-likeness (QED) is 0.782. The third-order valence-corrected chi connectivity index (χ3v) is 4.79. The number of hydrogen-bond acceptors (Lipinski definition) is 4. The minimum Gasteiger partial charge on any atom is -0.371 e. The van der Waals surface area contributed by atoms with E-state index in [-0.39, 0.29) is 5.60 Å². The Labute approximate surface area is 115 Å². The highest BCUT2D eigenvalue weighted by atomic mass is 32.1. The Morgan fingerprint density at radius 3 is 2.56 bits per heavy atom. The molecule has 1 heterocycles. The molecule has 0 fully saturated rings. The second kappa shape index (κ2) is 7.22. The van der Waals surface area contributed by atoms with Crippen LogP contribution in [0.15, 0.2) is 5.38 Å². The van der Waals surface area contributed by atoms with Gasteiger partial charge in [-0.15, -0.1) is 11.3 Å². The van der Waals surface area contributed by atoms with Crippen molar-refractivity contribution in [3.05, 3.63) is 16.1 Å². The molecule has 1 atom stereocenters. The van der Waals surface area contributed by atoms with Crippen molar-refractivity contribution >= 4 is 11.3 Å². The Bertz CT molecular complexity index is 339. The molecule has 0 radical (unpaired) electrons. The number of nitrogens with zero attached hydrogens (tertiary/aromatic N) is 1. The highest BCUT2D eigenvalue weighted by Gasteiger charge is 2.31. The van der Waals surface area contributed by atoms with E-state index in [9.17, 15) is 0 Å². The molecule has 4 heteroatoms. The van der Waals surface area contributed by atoms with Crippen LogP contribution >= 0.6 is 11.3 Å². The third kappa shape index (κ3) is 3.53. The van der Waals surface area contributed by atoms with Crippen molar-refractivity contribution in [3.8, 4) is 0 Å². The summed E-state index contributed by atoms with van der Waals surface area (Å²) < 4.78 is 5.71. The highest BCUT2D eigenvalue weighted by molar-refractivity contribution is 7.09. The topological polar surface area (TPSA) is 34.1 Å². The van der Waals surface area contributed by atoms with E-state index in [0.29, 0.717) is 6.04 Å². The summed E-state index contributed by atoms with van der Waals surface area (Å²) in [5, 5.41) is 6.72. The first-order valence-corrected chi connectivity index (χ1v) is 7.73. The molecule has 0 saturated heterocycles. The fraction of sp³-hybridized carbons (Fsp3) is 0.786. The largest absolute Gasteiger partial charge is 0.371 e. The van der Waals surface area contributed by atoms with Crippen LogP contribution in [0, 0.1) is 0 Å². The van der Waals surface area contributed by atoms with Crippen LogP contribution in [0.4, 0.5) is 0 Å². The van der Waals surface area contributed by atoms with Crippen LogP contribution in [0.1, 0.15) is 57.7 Å². The van der Waals surface area contributed by atoms with E-state index in [4.69, 9.17) is 9.72 Å². The number of hydrogen-bond donors (Lipinski definition) is 1. The maximum Gasteiger partial charge on any atom is 0.125 e. The molecule has 0 aromatic carbocycles. The Hall–Kier alpha value is -0.450. The van der Waals surface area contributed by atoms with Crippen molar-refractivity contribution in [1.82, 2.24) is 10.3 Å². The fourth-order valence-corrected chi connectivity index (χ4v) is 3.09. The second-order valence-corrected chi connectivity index (χ2v) is 5.60. The lowest BCUT2D eigenvalue weighted by atomic mass is 9.98. The standard InChI is InChI=1S/C14H26N2OS/c1-6-11(4)15-9-12-10-18-13(16-12)14(7-2,8-3)17-5/h10-11,15H,6-9H2,1-5H3. The van der Waals surface area contributed by atoms with Crippen molar-refractivity contribution in [2.24, 2.45) is 0 Å². The Morgan fingerprint density at radius 2 is 2.06 bits per heavy atom. The van der Waals surface area contributed by atoms with Gasteiger partial charge in [0.15, 0.2) is 0 Å². The Balaban J connectivity index is 2.72. The number of ether oxygens (including phenoxy) is 1. The average Bonchev–Trinajstić information content (AvgIpc) is 2.88. The van der Waals surface area contributed by atoms with Crippen molar-refractivity contribution in [2.75, 3.05) is 7.11 Å². The zero-order valence-electron chi connectivity index (χ0n) is 12.2. The van der Waals surface area contributed by atoms with Crippen LogP contribution in [-0.2, 0) is 16.9 Å².